The summed E-state index contributed by atoms with van der Waals surface area (Å²) in [5.74, 6) is -0.125. The van der Waals surface area contributed by atoms with Crippen molar-refractivity contribution in [1.29, 1.82) is 0 Å². The highest BCUT2D eigenvalue weighted by Crippen LogP contribution is 2.41. The monoisotopic (exact) mass is 481 g/mol. The number of benzene rings is 1. The molecule has 12 heteroatoms. The smallest absolute Gasteiger partial charge is 0.417 e. The maximum atomic E-state index is 13.5. The van der Waals surface area contributed by atoms with Crippen molar-refractivity contribution in [2.24, 2.45) is 0 Å². The molecule has 1 aromatic carbocycles. The largest absolute Gasteiger partial charge is 0.505 e. The Morgan fingerprint density at radius 1 is 1.21 bits per heavy atom. The van der Waals surface area contributed by atoms with Crippen LogP contribution in [-0.4, -0.2) is 38.8 Å². The summed E-state index contributed by atoms with van der Waals surface area (Å²) in [5.41, 5.74) is -1.51. The van der Waals surface area contributed by atoms with E-state index in [9.17, 15) is 23.1 Å². The number of aromatic hydroxyl groups is 1. The number of halogens is 3. The van der Waals surface area contributed by atoms with Gasteiger partial charge in [0.15, 0.2) is 17.4 Å². The molecule has 3 rings (SSSR count). The summed E-state index contributed by atoms with van der Waals surface area (Å²) in [6, 6.07) is 4.90. The zero-order chi connectivity index (χ0) is 24.5. The Labute approximate surface area is 192 Å². The van der Waals surface area contributed by atoms with Gasteiger partial charge in [-0.2, -0.15) is 21.9 Å². The third kappa shape index (κ3) is 5.11. The maximum Gasteiger partial charge on any atom is 0.417 e. The lowest BCUT2D eigenvalue weighted by atomic mass is 10.0. The van der Waals surface area contributed by atoms with E-state index in [0.717, 1.165) is 34.3 Å². The number of carbonyl (C=O) groups excluding carboxylic acids is 1. The molecule has 0 bridgehead atoms. The number of hydrogen-bond donors (Lipinski definition) is 3. The van der Waals surface area contributed by atoms with Crippen LogP contribution in [0.1, 0.15) is 40.4 Å². The molecule has 33 heavy (non-hydrogen) atoms. The van der Waals surface area contributed by atoms with Crippen LogP contribution >= 0.6 is 11.7 Å². The number of nitrogens with one attached hydrogen (secondary N) is 2. The molecule has 3 N–H and O–H groups in total. The summed E-state index contributed by atoms with van der Waals surface area (Å²) in [5, 5.41) is 16.5. The lowest BCUT2D eigenvalue weighted by molar-refractivity contribution is -0.138. The van der Waals surface area contributed by atoms with Gasteiger partial charge in [-0.25, -0.2) is 0 Å². The Hall–Kier alpha value is -3.54. The van der Waals surface area contributed by atoms with Gasteiger partial charge in [0.1, 0.15) is 17.6 Å². The minimum absolute atomic E-state index is 0.135. The van der Waals surface area contributed by atoms with E-state index in [-0.39, 0.29) is 17.3 Å². The minimum Gasteiger partial charge on any atom is -0.505 e. The van der Waals surface area contributed by atoms with E-state index in [1.807, 2.05) is 0 Å². The van der Waals surface area contributed by atoms with E-state index in [4.69, 9.17) is 4.42 Å². The highest BCUT2D eigenvalue weighted by Gasteiger charge is 2.38. The fraction of sp³-hybridized carbons (Fsp3) is 0.286. The third-order valence-electron chi connectivity index (χ3n) is 4.66. The molecule has 176 valence electrons. The number of phenolic OH excluding ortho intramolecular Hbond substituents is 1. The average molecular weight is 482 g/mol. The summed E-state index contributed by atoms with van der Waals surface area (Å²) in [4.78, 5) is 13.4. The highest BCUT2D eigenvalue weighted by atomic mass is 32.1. The number of furan rings is 1. The molecule has 0 radical (unpaired) electrons. The Balaban J connectivity index is 1.97. The molecular formula is C21H22F3N5O3S. The molecule has 0 spiro atoms. The SMILES string of the molecule is C=C(C)[C@@H](Nc1nsnc1Nc1ccc(C(F)(F)F)c(C(=O)N(C)C)c1O)c1ccc(C)o1. The second-order valence-electron chi connectivity index (χ2n) is 7.54. The Morgan fingerprint density at radius 2 is 1.88 bits per heavy atom. The number of aromatic nitrogens is 2. The van der Waals surface area contributed by atoms with E-state index < -0.39 is 35.0 Å². The van der Waals surface area contributed by atoms with Gasteiger partial charge < -0.3 is 25.1 Å². The molecule has 0 aliphatic heterocycles. The van der Waals surface area contributed by atoms with Crippen molar-refractivity contribution in [2.45, 2.75) is 26.1 Å². The Morgan fingerprint density at radius 3 is 2.42 bits per heavy atom. The third-order valence-corrected chi connectivity index (χ3v) is 5.19. The van der Waals surface area contributed by atoms with Crippen LogP contribution in [-0.2, 0) is 6.18 Å². The topological polar surface area (TPSA) is 104 Å². The Bertz CT molecular complexity index is 1190. The van der Waals surface area contributed by atoms with E-state index in [1.54, 1.807) is 26.0 Å². The first-order valence-corrected chi connectivity index (χ1v) is 10.4. The number of nitrogens with zero attached hydrogens (tertiary/aromatic N) is 3. The van der Waals surface area contributed by atoms with Crippen LogP contribution in [0.2, 0.25) is 0 Å². The van der Waals surface area contributed by atoms with Gasteiger partial charge in [-0.15, -0.1) is 0 Å². The first-order valence-electron chi connectivity index (χ1n) is 9.62. The first kappa shape index (κ1) is 24.1. The van der Waals surface area contributed by atoms with Gasteiger partial charge in [-0.3, -0.25) is 4.79 Å². The van der Waals surface area contributed by atoms with Gasteiger partial charge in [0.05, 0.1) is 28.5 Å². The van der Waals surface area contributed by atoms with Gasteiger partial charge in [-0.1, -0.05) is 12.2 Å². The molecule has 2 aromatic heterocycles. The van der Waals surface area contributed by atoms with Gasteiger partial charge in [0.25, 0.3) is 5.91 Å². The van der Waals surface area contributed by atoms with Gasteiger partial charge in [-0.05, 0) is 38.1 Å². The van der Waals surface area contributed by atoms with Crippen LogP contribution in [0, 0.1) is 6.92 Å². The molecule has 8 nitrogen and oxygen atoms in total. The molecule has 0 saturated carbocycles. The number of alkyl halides is 3. The lowest BCUT2D eigenvalue weighted by Gasteiger charge is -2.20. The molecule has 0 aliphatic rings. The first-order chi connectivity index (χ1) is 15.4. The van der Waals surface area contributed by atoms with E-state index in [1.165, 1.54) is 14.1 Å². The predicted molar refractivity (Wildman–Crippen MR) is 119 cm³/mol. The van der Waals surface area contributed by atoms with Crippen molar-refractivity contribution in [3.05, 3.63) is 59.1 Å². The van der Waals surface area contributed by atoms with Crippen molar-refractivity contribution in [3.8, 4) is 5.75 Å². The number of aryl methyl sites for hydroxylation is 1. The van der Waals surface area contributed by atoms with E-state index in [2.05, 4.69) is 26.0 Å². The van der Waals surface area contributed by atoms with Crippen molar-refractivity contribution >= 4 is 35.0 Å². The average Bonchev–Trinajstić information content (AvgIpc) is 3.34. The van der Waals surface area contributed by atoms with Crippen LogP contribution in [0.5, 0.6) is 5.75 Å². The van der Waals surface area contributed by atoms with Crippen LogP contribution in [0.15, 0.2) is 40.8 Å². The fourth-order valence-electron chi connectivity index (χ4n) is 3.04. The van der Waals surface area contributed by atoms with Crippen molar-refractivity contribution in [2.75, 3.05) is 24.7 Å². The molecule has 1 atom stereocenters. The standard InChI is InChI=1S/C21H22F3N5O3S/c1-10(2)16(14-9-6-11(3)32-14)26-19-18(27-33-28-19)25-13-8-7-12(21(22,23)24)15(17(13)30)20(31)29(4)5/h6-9,16,30H,1H2,2-5H3,(H,25,27)(H,26,28)/t16-/m1/s1. The molecule has 3 aromatic rings. The molecule has 0 fully saturated rings. The van der Waals surface area contributed by atoms with E-state index >= 15 is 0 Å². The number of anilines is 3. The molecular weight excluding hydrogens is 459 g/mol. The number of hydrogen-bond acceptors (Lipinski definition) is 8. The number of carbonyl (C=O) groups is 1. The van der Waals surface area contributed by atoms with Crippen molar-refractivity contribution in [3.63, 3.8) is 0 Å². The summed E-state index contributed by atoms with van der Waals surface area (Å²) < 4.78 is 54.3. The second-order valence-corrected chi connectivity index (χ2v) is 8.07. The summed E-state index contributed by atoms with van der Waals surface area (Å²) in [6.07, 6.45) is -4.83. The fourth-order valence-corrected chi connectivity index (χ4v) is 3.52. The van der Waals surface area contributed by atoms with Crippen LogP contribution in [0.3, 0.4) is 0 Å². The summed E-state index contributed by atoms with van der Waals surface area (Å²) in [7, 11) is 2.59. The lowest BCUT2D eigenvalue weighted by Crippen LogP contribution is -2.25. The van der Waals surface area contributed by atoms with Crippen molar-refractivity contribution in [1.82, 2.24) is 13.6 Å². The molecule has 0 saturated heterocycles. The van der Waals surface area contributed by atoms with E-state index in [0.29, 0.717) is 11.5 Å². The number of rotatable bonds is 7. The number of amides is 1. The normalized spacial score (nSPS) is 12.3. The van der Waals surface area contributed by atoms with Gasteiger partial charge >= 0.3 is 6.18 Å². The summed E-state index contributed by atoms with van der Waals surface area (Å²) in [6.45, 7) is 7.55. The second kappa shape index (κ2) is 9.14. The van der Waals surface area contributed by atoms with Gasteiger partial charge in [0.2, 0.25) is 0 Å². The highest BCUT2D eigenvalue weighted by molar-refractivity contribution is 6.99. The zero-order valence-corrected chi connectivity index (χ0v) is 19.1. The molecule has 0 aliphatic carbocycles. The maximum absolute atomic E-state index is 13.5. The Kier molecular flexibility index (Phi) is 6.68. The minimum atomic E-state index is -4.83. The molecule has 2 heterocycles. The van der Waals surface area contributed by atoms with Crippen molar-refractivity contribution < 1.29 is 27.5 Å². The van der Waals surface area contributed by atoms with Crippen LogP contribution in [0.25, 0.3) is 0 Å². The predicted octanol–water partition coefficient (Wildman–Crippen LogP) is 5.34. The van der Waals surface area contributed by atoms with Crippen LogP contribution in [0.4, 0.5) is 30.5 Å². The number of phenols is 1. The quantitative estimate of drug-likeness (QED) is 0.309. The van der Waals surface area contributed by atoms with Gasteiger partial charge in [0, 0.05) is 14.1 Å². The molecule has 1 amide bonds. The van der Waals surface area contributed by atoms with Crippen LogP contribution < -0.4 is 10.6 Å². The molecule has 0 unspecified atom stereocenters. The zero-order valence-electron chi connectivity index (χ0n) is 18.2. The summed E-state index contributed by atoms with van der Waals surface area (Å²) >= 11 is 0.846.